The number of hydrogen-bond acceptors (Lipinski definition) is 3. The average Bonchev–Trinajstić information content (AvgIpc) is 2.73. The normalized spacial score (nSPS) is 29.2. The van der Waals surface area contributed by atoms with Crippen LogP contribution in [0.25, 0.3) is 0 Å². The second kappa shape index (κ2) is 4.14. The molecule has 1 aliphatic heterocycles. The topological polar surface area (TPSA) is 44.5 Å². The average molecular weight is 261 g/mol. The Morgan fingerprint density at radius 2 is 1.89 bits per heavy atom. The summed E-state index contributed by atoms with van der Waals surface area (Å²) in [6, 6.07) is 6.28. The van der Waals surface area contributed by atoms with Crippen molar-refractivity contribution in [3.05, 3.63) is 23.8 Å². The van der Waals surface area contributed by atoms with E-state index in [4.69, 9.17) is 15.2 Å². The van der Waals surface area contributed by atoms with Crippen LogP contribution in [0.1, 0.15) is 39.2 Å². The fraction of sp³-hybridized carbons (Fsp3) is 0.625. The largest absolute Gasteiger partial charge is 0.454 e. The van der Waals surface area contributed by atoms with E-state index in [0.717, 1.165) is 17.4 Å². The van der Waals surface area contributed by atoms with Crippen molar-refractivity contribution in [1.29, 1.82) is 0 Å². The number of hydrogen-bond donors (Lipinski definition) is 1. The van der Waals surface area contributed by atoms with Gasteiger partial charge in [-0.05, 0) is 41.9 Å². The molecule has 2 aliphatic rings. The first-order valence-corrected chi connectivity index (χ1v) is 7.05. The van der Waals surface area contributed by atoms with Crippen molar-refractivity contribution < 1.29 is 9.47 Å². The van der Waals surface area contributed by atoms with E-state index in [2.05, 4.69) is 32.9 Å². The van der Waals surface area contributed by atoms with Crippen LogP contribution in [0, 0.1) is 11.3 Å². The van der Waals surface area contributed by atoms with Crippen molar-refractivity contribution in [3.63, 3.8) is 0 Å². The van der Waals surface area contributed by atoms with Gasteiger partial charge in [-0.3, -0.25) is 0 Å². The number of benzene rings is 1. The summed E-state index contributed by atoms with van der Waals surface area (Å²) in [5.41, 5.74) is 7.89. The molecule has 1 aliphatic carbocycles. The van der Waals surface area contributed by atoms with E-state index < -0.39 is 0 Å². The van der Waals surface area contributed by atoms with E-state index in [1.165, 1.54) is 18.4 Å². The summed E-state index contributed by atoms with van der Waals surface area (Å²) < 4.78 is 10.9. The van der Waals surface area contributed by atoms with E-state index in [0.29, 0.717) is 18.8 Å². The van der Waals surface area contributed by atoms with E-state index in [-0.39, 0.29) is 5.41 Å². The molecule has 0 amide bonds. The molecule has 1 fully saturated rings. The minimum absolute atomic E-state index is 0.138. The highest BCUT2D eigenvalue weighted by Gasteiger charge is 2.48. The first kappa shape index (κ1) is 12.8. The second-order valence-electron chi connectivity index (χ2n) is 7.02. The van der Waals surface area contributed by atoms with E-state index in [1.54, 1.807) is 0 Å². The van der Waals surface area contributed by atoms with Crippen molar-refractivity contribution in [2.24, 2.45) is 17.1 Å². The van der Waals surface area contributed by atoms with Gasteiger partial charge in [-0.25, -0.2) is 0 Å². The molecular formula is C16H23NO2. The van der Waals surface area contributed by atoms with E-state index in [9.17, 15) is 0 Å². The van der Waals surface area contributed by atoms with Gasteiger partial charge in [-0.15, -0.1) is 0 Å². The van der Waals surface area contributed by atoms with Crippen LogP contribution in [0.15, 0.2) is 18.2 Å². The van der Waals surface area contributed by atoms with Gasteiger partial charge in [0.1, 0.15) is 0 Å². The zero-order valence-electron chi connectivity index (χ0n) is 12.0. The Morgan fingerprint density at radius 1 is 1.21 bits per heavy atom. The third kappa shape index (κ3) is 2.00. The van der Waals surface area contributed by atoms with Gasteiger partial charge in [-0.2, -0.15) is 0 Å². The Bertz CT molecular complexity index is 484. The maximum absolute atomic E-state index is 6.08. The lowest BCUT2D eigenvalue weighted by Gasteiger charge is -2.53. The van der Waals surface area contributed by atoms with Crippen LogP contribution in [-0.2, 0) is 5.41 Å². The highest BCUT2D eigenvalue weighted by Crippen LogP contribution is 2.54. The number of ether oxygens (including phenoxy) is 2. The Hall–Kier alpha value is -1.22. The Morgan fingerprint density at radius 3 is 2.53 bits per heavy atom. The molecule has 0 aromatic heterocycles. The van der Waals surface area contributed by atoms with Crippen LogP contribution in [0.3, 0.4) is 0 Å². The molecule has 3 heteroatoms. The summed E-state index contributed by atoms with van der Waals surface area (Å²) in [6.07, 6.45) is 2.35. The standard InChI is InChI=1S/C16H23NO2/c1-15(2,3)12-7-16(8-12,9-17)11-4-5-13-14(6-11)19-10-18-13/h4-6,12H,7-10,17H2,1-3H3. The Kier molecular flexibility index (Phi) is 2.79. The van der Waals surface area contributed by atoms with Crippen LogP contribution >= 0.6 is 0 Å². The summed E-state index contributed by atoms with van der Waals surface area (Å²) in [5, 5.41) is 0. The van der Waals surface area contributed by atoms with Crippen molar-refractivity contribution in [3.8, 4) is 11.5 Å². The van der Waals surface area contributed by atoms with Crippen LogP contribution in [0.2, 0.25) is 0 Å². The quantitative estimate of drug-likeness (QED) is 0.890. The van der Waals surface area contributed by atoms with E-state index >= 15 is 0 Å². The maximum atomic E-state index is 6.08. The smallest absolute Gasteiger partial charge is 0.231 e. The van der Waals surface area contributed by atoms with Crippen molar-refractivity contribution >= 4 is 0 Å². The second-order valence-corrected chi connectivity index (χ2v) is 7.02. The lowest BCUT2D eigenvalue weighted by Crippen LogP contribution is -2.50. The third-order valence-corrected chi connectivity index (χ3v) is 4.87. The maximum Gasteiger partial charge on any atom is 0.231 e. The number of rotatable bonds is 2. The van der Waals surface area contributed by atoms with Gasteiger partial charge in [0.2, 0.25) is 6.79 Å². The Labute approximate surface area is 115 Å². The number of nitrogens with two attached hydrogens (primary N) is 1. The molecule has 3 nitrogen and oxygen atoms in total. The van der Waals surface area contributed by atoms with Gasteiger partial charge in [0.05, 0.1) is 0 Å². The fourth-order valence-electron chi connectivity index (χ4n) is 3.24. The van der Waals surface area contributed by atoms with Crippen LogP contribution in [0.5, 0.6) is 11.5 Å². The van der Waals surface area contributed by atoms with E-state index in [1.807, 2.05) is 6.07 Å². The first-order chi connectivity index (χ1) is 8.94. The monoisotopic (exact) mass is 261 g/mol. The van der Waals surface area contributed by atoms with Gasteiger partial charge < -0.3 is 15.2 Å². The molecule has 0 atom stereocenters. The van der Waals surface area contributed by atoms with Gasteiger partial charge in [0.15, 0.2) is 11.5 Å². The molecular weight excluding hydrogens is 238 g/mol. The Balaban J connectivity index is 1.85. The molecule has 3 rings (SSSR count). The summed E-state index contributed by atoms with van der Waals surface area (Å²) >= 11 is 0. The molecule has 104 valence electrons. The lowest BCUT2D eigenvalue weighted by molar-refractivity contribution is 0.0503. The molecule has 1 heterocycles. The SMILES string of the molecule is CC(C)(C)C1CC(CN)(c2ccc3c(c2)OCO3)C1. The van der Waals surface area contributed by atoms with Gasteiger partial charge in [-0.1, -0.05) is 26.8 Å². The highest BCUT2D eigenvalue weighted by atomic mass is 16.7. The predicted molar refractivity (Wildman–Crippen MR) is 75.5 cm³/mol. The van der Waals surface area contributed by atoms with Crippen molar-refractivity contribution in [2.75, 3.05) is 13.3 Å². The molecule has 0 unspecified atom stereocenters. The number of fused-ring (bicyclic) bond motifs is 1. The molecule has 0 bridgehead atoms. The van der Waals surface area contributed by atoms with Crippen LogP contribution in [0.4, 0.5) is 0 Å². The molecule has 0 spiro atoms. The third-order valence-electron chi connectivity index (χ3n) is 4.87. The lowest BCUT2D eigenvalue weighted by atomic mass is 9.52. The predicted octanol–water partition coefficient (Wildman–Crippen LogP) is 3.07. The van der Waals surface area contributed by atoms with Gasteiger partial charge in [0, 0.05) is 12.0 Å². The fourth-order valence-corrected chi connectivity index (χ4v) is 3.24. The van der Waals surface area contributed by atoms with Crippen molar-refractivity contribution in [2.45, 2.75) is 39.0 Å². The minimum Gasteiger partial charge on any atom is -0.454 e. The first-order valence-electron chi connectivity index (χ1n) is 7.05. The molecule has 0 radical (unpaired) electrons. The van der Waals surface area contributed by atoms with Gasteiger partial charge >= 0.3 is 0 Å². The molecule has 0 saturated heterocycles. The van der Waals surface area contributed by atoms with Crippen LogP contribution in [-0.4, -0.2) is 13.3 Å². The summed E-state index contributed by atoms with van der Waals surface area (Å²) in [4.78, 5) is 0. The van der Waals surface area contributed by atoms with Gasteiger partial charge in [0.25, 0.3) is 0 Å². The summed E-state index contributed by atoms with van der Waals surface area (Å²) in [7, 11) is 0. The molecule has 19 heavy (non-hydrogen) atoms. The van der Waals surface area contributed by atoms with Crippen molar-refractivity contribution in [1.82, 2.24) is 0 Å². The zero-order chi connectivity index (χ0) is 13.7. The summed E-state index contributed by atoms with van der Waals surface area (Å²) in [6.45, 7) is 7.99. The minimum atomic E-state index is 0.138. The van der Waals surface area contributed by atoms with Crippen LogP contribution < -0.4 is 15.2 Å². The summed E-state index contributed by atoms with van der Waals surface area (Å²) in [5.74, 6) is 2.47. The zero-order valence-corrected chi connectivity index (χ0v) is 12.0. The molecule has 1 saturated carbocycles. The highest BCUT2D eigenvalue weighted by molar-refractivity contribution is 5.47. The molecule has 2 N–H and O–H groups in total. The molecule has 1 aromatic carbocycles. The molecule has 1 aromatic rings.